The molecule has 1 N–H and O–H groups in total. The van der Waals surface area contributed by atoms with Gasteiger partial charge >= 0.3 is 6.18 Å². The van der Waals surface area contributed by atoms with E-state index in [1.807, 2.05) is 6.92 Å². The lowest BCUT2D eigenvalue weighted by Gasteiger charge is -2.31. The van der Waals surface area contributed by atoms with E-state index in [0.717, 1.165) is 6.07 Å². The molecule has 0 bridgehead atoms. The number of hydrogen-bond donors (Lipinski definition) is 1. The van der Waals surface area contributed by atoms with Gasteiger partial charge in [-0.25, -0.2) is 9.50 Å². The van der Waals surface area contributed by atoms with Crippen molar-refractivity contribution in [2.45, 2.75) is 38.6 Å². The van der Waals surface area contributed by atoms with E-state index in [9.17, 15) is 18.0 Å². The predicted molar refractivity (Wildman–Crippen MR) is 84.8 cm³/mol. The summed E-state index contributed by atoms with van der Waals surface area (Å²) in [6.45, 7) is 4.58. The van der Waals surface area contributed by atoms with Crippen LogP contribution in [0.25, 0.3) is 5.65 Å². The maximum atomic E-state index is 13.2. The van der Waals surface area contributed by atoms with Gasteiger partial charge in [0.1, 0.15) is 11.8 Å². The molecule has 10 heteroatoms. The highest BCUT2D eigenvalue weighted by Crippen LogP contribution is 2.29. The van der Waals surface area contributed by atoms with Crippen molar-refractivity contribution in [3.63, 3.8) is 0 Å². The number of nitrogens with zero attached hydrogens (tertiary/aromatic N) is 3. The molecule has 1 aliphatic rings. The molecule has 2 aromatic rings. The largest absolute Gasteiger partial charge is 0.433 e. The van der Waals surface area contributed by atoms with Gasteiger partial charge in [0, 0.05) is 25.0 Å². The molecule has 2 atom stereocenters. The van der Waals surface area contributed by atoms with Crippen molar-refractivity contribution in [1.82, 2.24) is 19.9 Å². The summed E-state index contributed by atoms with van der Waals surface area (Å²) in [5.41, 5.74) is -0.944. The first-order chi connectivity index (χ1) is 12.3. The Kier molecular flexibility index (Phi) is 5.15. The van der Waals surface area contributed by atoms with Gasteiger partial charge in [-0.1, -0.05) is 0 Å². The van der Waals surface area contributed by atoms with Crippen LogP contribution in [0.3, 0.4) is 0 Å². The van der Waals surface area contributed by atoms with E-state index in [-0.39, 0.29) is 29.2 Å². The van der Waals surface area contributed by atoms with Crippen molar-refractivity contribution < 1.29 is 27.4 Å². The molecule has 0 aromatic carbocycles. The van der Waals surface area contributed by atoms with Crippen molar-refractivity contribution in [2.75, 3.05) is 19.8 Å². The topological polar surface area (TPSA) is 77.8 Å². The third-order valence-electron chi connectivity index (χ3n) is 4.08. The normalized spacial score (nSPS) is 21.1. The number of carbonyl (C=O) groups excluding carboxylic acids is 1. The van der Waals surface area contributed by atoms with Gasteiger partial charge in [-0.05, 0) is 26.3 Å². The SMILES string of the molecule is CCO[C@@H]1COCC[C@H]1NC(=O)c1cc2nc(C)cc(C(F)(F)F)n2n1. The first-order valence-electron chi connectivity index (χ1n) is 8.24. The molecule has 1 amide bonds. The van der Waals surface area contributed by atoms with Crippen LogP contribution in [0.1, 0.15) is 35.2 Å². The number of amides is 1. The Morgan fingerprint density at radius 2 is 2.23 bits per heavy atom. The smallest absolute Gasteiger partial charge is 0.379 e. The molecule has 3 heterocycles. The molecule has 26 heavy (non-hydrogen) atoms. The third-order valence-corrected chi connectivity index (χ3v) is 4.08. The van der Waals surface area contributed by atoms with E-state index in [4.69, 9.17) is 9.47 Å². The van der Waals surface area contributed by atoms with E-state index in [2.05, 4.69) is 15.4 Å². The summed E-state index contributed by atoms with van der Waals surface area (Å²) < 4.78 is 51.1. The number of rotatable bonds is 4. The van der Waals surface area contributed by atoms with E-state index < -0.39 is 17.8 Å². The van der Waals surface area contributed by atoms with Gasteiger partial charge in [-0.15, -0.1) is 0 Å². The summed E-state index contributed by atoms with van der Waals surface area (Å²) in [4.78, 5) is 16.5. The average molecular weight is 372 g/mol. The number of fused-ring (bicyclic) bond motifs is 1. The Morgan fingerprint density at radius 3 is 2.92 bits per heavy atom. The molecular formula is C16H19F3N4O3. The average Bonchev–Trinajstić information content (AvgIpc) is 2.99. The number of aryl methyl sites for hydroxylation is 1. The van der Waals surface area contributed by atoms with Crippen molar-refractivity contribution >= 4 is 11.6 Å². The molecule has 0 aliphatic carbocycles. The van der Waals surface area contributed by atoms with E-state index in [0.29, 0.717) is 30.8 Å². The molecule has 2 aromatic heterocycles. The van der Waals surface area contributed by atoms with Gasteiger partial charge in [-0.3, -0.25) is 4.79 Å². The second-order valence-electron chi connectivity index (χ2n) is 6.02. The lowest BCUT2D eigenvalue weighted by atomic mass is 10.1. The molecular weight excluding hydrogens is 353 g/mol. The maximum absolute atomic E-state index is 13.2. The lowest BCUT2D eigenvalue weighted by molar-refractivity contribution is -0.142. The number of aromatic nitrogens is 3. The second-order valence-corrected chi connectivity index (χ2v) is 6.02. The number of carbonyl (C=O) groups is 1. The quantitative estimate of drug-likeness (QED) is 0.888. The zero-order valence-corrected chi connectivity index (χ0v) is 14.3. The van der Waals surface area contributed by atoms with E-state index in [1.54, 1.807) is 0 Å². The van der Waals surface area contributed by atoms with Gasteiger partial charge in [-0.2, -0.15) is 18.3 Å². The van der Waals surface area contributed by atoms with Crippen molar-refractivity contribution in [3.05, 3.63) is 29.2 Å². The number of halogens is 3. The standard InChI is InChI=1S/C16H19F3N4O3/c1-3-26-12-8-25-5-4-10(12)21-15(24)11-7-14-20-9(2)6-13(16(17,18)19)23(14)22-11/h6-7,10,12H,3-5,8H2,1-2H3,(H,21,24)/t10-,12-/m1/s1. The molecule has 1 saturated heterocycles. The zero-order chi connectivity index (χ0) is 18.9. The number of alkyl halides is 3. The molecule has 0 unspecified atom stereocenters. The van der Waals surface area contributed by atoms with Crippen LogP contribution in [0.5, 0.6) is 0 Å². The van der Waals surface area contributed by atoms with Crippen LogP contribution >= 0.6 is 0 Å². The molecule has 142 valence electrons. The summed E-state index contributed by atoms with van der Waals surface area (Å²) in [7, 11) is 0. The Balaban J connectivity index is 1.87. The summed E-state index contributed by atoms with van der Waals surface area (Å²) >= 11 is 0. The first-order valence-corrected chi connectivity index (χ1v) is 8.24. The maximum Gasteiger partial charge on any atom is 0.433 e. The number of hydrogen-bond acceptors (Lipinski definition) is 5. The number of ether oxygens (including phenoxy) is 2. The summed E-state index contributed by atoms with van der Waals surface area (Å²) in [5.74, 6) is -0.571. The molecule has 1 aliphatic heterocycles. The van der Waals surface area contributed by atoms with Crippen LogP contribution in [0.2, 0.25) is 0 Å². The second kappa shape index (κ2) is 7.20. The molecule has 0 saturated carbocycles. The summed E-state index contributed by atoms with van der Waals surface area (Å²) in [6.07, 6.45) is -4.36. The first kappa shape index (κ1) is 18.6. The highest BCUT2D eigenvalue weighted by atomic mass is 19.4. The van der Waals surface area contributed by atoms with Crippen LogP contribution in [-0.4, -0.2) is 52.5 Å². The molecule has 3 rings (SSSR count). The van der Waals surface area contributed by atoms with Crippen molar-refractivity contribution in [3.8, 4) is 0 Å². The summed E-state index contributed by atoms with van der Waals surface area (Å²) in [5, 5.41) is 6.58. The predicted octanol–water partition coefficient (Wildman–Crippen LogP) is 1.98. The molecule has 0 spiro atoms. The summed E-state index contributed by atoms with van der Waals surface area (Å²) in [6, 6.07) is 1.84. The Hall–Kier alpha value is -2.20. The highest BCUT2D eigenvalue weighted by Gasteiger charge is 2.35. The fraction of sp³-hybridized carbons (Fsp3) is 0.562. The molecule has 0 radical (unpaired) electrons. The van der Waals surface area contributed by atoms with Gasteiger partial charge in [0.25, 0.3) is 5.91 Å². The zero-order valence-electron chi connectivity index (χ0n) is 14.3. The van der Waals surface area contributed by atoms with Crippen LogP contribution in [0.15, 0.2) is 12.1 Å². The Labute approximate surface area is 147 Å². The van der Waals surface area contributed by atoms with Crippen molar-refractivity contribution in [1.29, 1.82) is 0 Å². The lowest BCUT2D eigenvalue weighted by Crippen LogP contribution is -2.50. The Bertz CT molecular complexity index is 804. The van der Waals surface area contributed by atoms with E-state index in [1.165, 1.54) is 13.0 Å². The number of nitrogens with one attached hydrogen (secondary N) is 1. The molecule has 7 nitrogen and oxygen atoms in total. The Morgan fingerprint density at radius 1 is 1.46 bits per heavy atom. The third kappa shape index (κ3) is 3.80. The fourth-order valence-corrected chi connectivity index (χ4v) is 2.91. The van der Waals surface area contributed by atoms with Gasteiger partial charge in [0.05, 0.1) is 12.6 Å². The van der Waals surface area contributed by atoms with Crippen LogP contribution in [0, 0.1) is 6.92 Å². The monoisotopic (exact) mass is 372 g/mol. The minimum atomic E-state index is -4.60. The highest BCUT2D eigenvalue weighted by molar-refractivity contribution is 5.93. The fourth-order valence-electron chi connectivity index (χ4n) is 2.91. The van der Waals surface area contributed by atoms with E-state index >= 15 is 0 Å². The van der Waals surface area contributed by atoms with Crippen LogP contribution in [0.4, 0.5) is 13.2 Å². The van der Waals surface area contributed by atoms with Crippen LogP contribution in [-0.2, 0) is 15.7 Å². The molecule has 1 fully saturated rings. The minimum Gasteiger partial charge on any atom is -0.379 e. The van der Waals surface area contributed by atoms with Gasteiger partial charge in [0.2, 0.25) is 0 Å². The van der Waals surface area contributed by atoms with Gasteiger partial charge in [0.15, 0.2) is 11.3 Å². The minimum absolute atomic E-state index is 0.0317. The van der Waals surface area contributed by atoms with Crippen molar-refractivity contribution in [2.24, 2.45) is 0 Å². The van der Waals surface area contributed by atoms with Crippen LogP contribution < -0.4 is 5.32 Å². The van der Waals surface area contributed by atoms with Gasteiger partial charge < -0.3 is 14.8 Å².